The number of carbonyl (C=O) groups is 1. The Hall–Kier alpha value is -2.40. The molecule has 0 unspecified atom stereocenters. The maximum absolute atomic E-state index is 12.9. The number of Topliss-reactive ketones (excluding diaryl/α,β-unsaturated/α-hetero) is 1. The molecule has 3 aromatic rings. The van der Waals surface area contributed by atoms with Gasteiger partial charge < -0.3 is 0 Å². The molecule has 0 radical (unpaired) electrons. The van der Waals surface area contributed by atoms with Crippen LogP contribution in [0.3, 0.4) is 0 Å². The van der Waals surface area contributed by atoms with Crippen molar-refractivity contribution in [3.05, 3.63) is 69.5 Å². The number of hydrogen-bond donors (Lipinski definition) is 0. The highest BCUT2D eigenvalue weighted by Crippen LogP contribution is 2.21. The lowest BCUT2D eigenvalue weighted by Gasteiger charge is -2.13. The minimum Gasteiger partial charge on any atom is -0.293 e. The number of fused-ring (bicyclic) bond motifs is 1. The molecule has 0 saturated heterocycles. The van der Waals surface area contributed by atoms with Gasteiger partial charge in [-0.1, -0.05) is 61.0 Å². The third-order valence-corrected chi connectivity index (χ3v) is 5.55. The van der Waals surface area contributed by atoms with Crippen molar-refractivity contribution in [1.29, 1.82) is 0 Å². The Labute approximate surface area is 163 Å². The SMILES string of the molecule is CCCCn1c(SCC(=O)c2ccc(C)cc2C)nc2ccccc2c1=O. The number of ketones is 1. The molecule has 0 atom stereocenters. The van der Waals surface area contributed by atoms with Gasteiger partial charge in [0.1, 0.15) is 0 Å². The van der Waals surface area contributed by atoms with Crippen LogP contribution in [0.25, 0.3) is 10.9 Å². The standard InChI is InChI=1S/C22H24N2O2S/c1-4-5-12-24-21(26)18-8-6-7-9-19(18)23-22(24)27-14-20(25)17-11-10-15(2)13-16(17)3/h6-11,13H,4-5,12,14H2,1-3H3. The number of aromatic nitrogens is 2. The van der Waals surface area contributed by atoms with Gasteiger partial charge in [0.05, 0.1) is 16.7 Å². The predicted octanol–water partition coefficient (Wildman–Crippen LogP) is 4.79. The Morgan fingerprint density at radius 1 is 1.15 bits per heavy atom. The van der Waals surface area contributed by atoms with E-state index in [-0.39, 0.29) is 17.1 Å². The van der Waals surface area contributed by atoms with Crippen molar-refractivity contribution >= 4 is 28.4 Å². The first-order valence-electron chi connectivity index (χ1n) is 9.24. The lowest BCUT2D eigenvalue weighted by molar-refractivity contribution is 0.102. The van der Waals surface area contributed by atoms with E-state index in [9.17, 15) is 9.59 Å². The second kappa shape index (κ2) is 8.53. The van der Waals surface area contributed by atoms with Crippen LogP contribution in [0.15, 0.2) is 52.4 Å². The summed E-state index contributed by atoms with van der Waals surface area (Å²) in [6.45, 7) is 6.68. The summed E-state index contributed by atoms with van der Waals surface area (Å²) in [5, 5.41) is 1.24. The molecule has 0 N–H and O–H groups in total. The summed E-state index contributed by atoms with van der Waals surface area (Å²) >= 11 is 1.34. The minimum atomic E-state index is -0.0319. The van der Waals surface area contributed by atoms with Crippen LogP contribution in [0.2, 0.25) is 0 Å². The highest BCUT2D eigenvalue weighted by Gasteiger charge is 2.15. The normalized spacial score (nSPS) is 11.1. The third-order valence-electron chi connectivity index (χ3n) is 4.58. The van der Waals surface area contributed by atoms with E-state index in [0.717, 1.165) is 29.5 Å². The van der Waals surface area contributed by atoms with Gasteiger partial charge in [0.15, 0.2) is 10.9 Å². The van der Waals surface area contributed by atoms with E-state index < -0.39 is 0 Å². The predicted molar refractivity (Wildman–Crippen MR) is 112 cm³/mol. The van der Waals surface area contributed by atoms with Gasteiger partial charge in [-0.15, -0.1) is 0 Å². The van der Waals surface area contributed by atoms with E-state index in [1.54, 1.807) is 4.57 Å². The zero-order chi connectivity index (χ0) is 19.4. The summed E-state index contributed by atoms with van der Waals surface area (Å²) in [7, 11) is 0. The van der Waals surface area contributed by atoms with Gasteiger partial charge in [0, 0.05) is 12.1 Å². The lowest BCUT2D eigenvalue weighted by Crippen LogP contribution is -2.24. The maximum Gasteiger partial charge on any atom is 0.262 e. The minimum absolute atomic E-state index is 0.0319. The van der Waals surface area contributed by atoms with E-state index >= 15 is 0 Å². The molecule has 0 spiro atoms. The molecule has 5 heteroatoms. The molecule has 0 bridgehead atoms. The number of aryl methyl sites for hydroxylation is 2. The first kappa shape index (κ1) is 19.4. The third kappa shape index (κ3) is 4.30. The largest absolute Gasteiger partial charge is 0.293 e. The van der Waals surface area contributed by atoms with E-state index in [0.29, 0.717) is 22.6 Å². The van der Waals surface area contributed by atoms with Crippen molar-refractivity contribution in [1.82, 2.24) is 9.55 Å². The van der Waals surface area contributed by atoms with Crippen LogP contribution < -0.4 is 5.56 Å². The summed E-state index contributed by atoms with van der Waals surface area (Å²) in [5.74, 6) is 0.322. The van der Waals surface area contributed by atoms with Gasteiger partial charge in [0.2, 0.25) is 0 Å². The maximum atomic E-state index is 12.9. The van der Waals surface area contributed by atoms with Crippen molar-refractivity contribution in [2.45, 2.75) is 45.3 Å². The Morgan fingerprint density at radius 3 is 2.67 bits per heavy atom. The van der Waals surface area contributed by atoms with Gasteiger partial charge >= 0.3 is 0 Å². The molecular formula is C22H24N2O2S. The Morgan fingerprint density at radius 2 is 1.93 bits per heavy atom. The topological polar surface area (TPSA) is 52.0 Å². The Kier molecular flexibility index (Phi) is 6.11. The number of carbonyl (C=O) groups excluding carboxylic acids is 1. The molecule has 0 fully saturated rings. The molecule has 0 aliphatic rings. The van der Waals surface area contributed by atoms with Crippen molar-refractivity contribution < 1.29 is 4.79 Å². The van der Waals surface area contributed by atoms with Crippen LogP contribution in [0.1, 0.15) is 41.3 Å². The summed E-state index contributed by atoms with van der Waals surface area (Å²) in [6, 6.07) is 13.2. The van der Waals surface area contributed by atoms with E-state index in [1.807, 2.05) is 56.3 Å². The van der Waals surface area contributed by atoms with E-state index in [2.05, 4.69) is 11.9 Å². The number of hydrogen-bond acceptors (Lipinski definition) is 4. The summed E-state index contributed by atoms with van der Waals surface area (Å²) < 4.78 is 1.71. The van der Waals surface area contributed by atoms with Gasteiger partial charge in [-0.25, -0.2) is 4.98 Å². The molecule has 2 aromatic carbocycles. The van der Waals surface area contributed by atoms with Crippen molar-refractivity contribution in [2.24, 2.45) is 0 Å². The molecular weight excluding hydrogens is 356 g/mol. The molecule has 140 valence electrons. The average molecular weight is 381 g/mol. The number of rotatable bonds is 7. The molecule has 0 saturated carbocycles. The van der Waals surface area contributed by atoms with Crippen molar-refractivity contribution in [3.63, 3.8) is 0 Å². The van der Waals surface area contributed by atoms with Crippen LogP contribution in [-0.2, 0) is 6.54 Å². The summed E-state index contributed by atoms with van der Waals surface area (Å²) in [5.41, 5.74) is 3.50. The second-order valence-electron chi connectivity index (χ2n) is 6.75. The van der Waals surface area contributed by atoms with Crippen LogP contribution >= 0.6 is 11.8 Å². The van der Waals surface area contributed by atoms with Crippen LogP contribution in [0.4, 0.5) is 0 Å². The molecule has 1 heterocycles. The van der Waals surface area contributed by atoms with Gasteiger partial charge in [-0.2, -0.15) is 0 Å². The zero-order valence-electron chi connectivity index (χ0n) is 16.0. The van der Waals surface area contributed by atoms with Gasteiger partial charge in [-0.3, -0.25) is 14.2 Å². The molecule has 0 amide bonds. The van der Waals surface area contributed by atoms with Crippen LogP contribution in [0, 0.1) is 13.8 Å². The fourth-order valence-electron chi connectivity index (χ4n) is 3.11. The summed E-state index contributed by atoms with van der Waals surface area (Å²) in [6.07, 6.45) is 1.89. The van der Waals surface area contributed by atoms with E-state index in [1.165, 1.54) is 11.8 Å². The highest BCUT2D eigenvalue weighted by molar-refractivity contribution is 7.99. The van der Waals surface area contributed by atoms with E-state index in [4.69, 9.17) is 0 Å². The molecule has 0 aliphatic heterocycles. The monoisotopic (exact) mass is 380 g/mol. The fourth-order valence-corrected chi connectivity index (χ4v) is 4.01. The van der Waals surface area contributed by atoms with Crippen molar-refractivity contribution in [3.8, 4) is 0 Å². The molecule has 3 rings (SSSR count). The average Bonchev–Trinajstić information content (AvgIpc) is 2.65. The zero-order valence-corrected chi connectivity index (χ0v) is 16.8. The number of unbranched alkanes of at least 4 members (excludes halogenated alkanes) is 1. The highest BCUT2D eigenvalue weighted by atomic mass is 32.2. The van der Waals surface area contributed by atoms with Gasteiger partial charge in [-0.05, 0) is 38.0 Å². The second-order valence-corrected chi connectivity index (χ2v) is 7.69. The van der Waals surface area contributed by atoms with Crippen LogP contribution in [0.5, 0.6) is 0 Å². The molecule has 27 heavy (non-hydrogen) atoms. The van der Waals surface area contributed by atoms with Gasteiger partial charge in [0.25, 0.3) is 5.56 Å². The number of para-hydroxylation sites is 1. The molecule has 1 aromatic heterocycles. The first-order valence-corrected chi connectivity index (χ1v) is 10.2. The Balaban J connectivity index is 1.91. The first-order chi connectivity index (χ1) is 13.0. The number of nitrogens with zero attached hydrogens (tertiary/aromatic N) is 2. The number of thioether (sulfide) groups is 1. The van der Waals surface area contributed by atoms with Crippen LogP contribution in [-0.4, -0.2) is 21.1 Å². The Bertz CT molecular complexity index is 1040. The quantitative estimate of drug-likeness (QED) is 0.336. The van der Waals surface area contributed by atoms with Crippen molar-refractivity contribution in [2.75, 3.05) is 5.75 Å². The molecule has 4 nitrogen and oxygen atoms in total. The lowest BCUT2D eigenvalue weighted by atomic mass is 10.0. The smallest absolute Gasteiger partial charge is 0.262 e. The summed E-state index contributed by atoms with van der Waals surface area (Å²) in [4.78, 5) is 30.2. The fraction of sp³-hybridized carbons (Fsp3) is 0.318. The molecule has 0 aliphatic carbocycles. The number of benzene rings is 2.